The lowest BCUT2D eigenvalue weighted by Crippen LogP contribution is -2.55. The number of hydrogen-bond donors (Lipinski definition) is 2. The van der Waals surface area contributed by atoms with E-state index in [1.165, 1.54) is 44.9 Å². The smallest absolute Gasteiger partial charge is 0.217 e. The molecule has 1 aliphatic rings. The molecule has 0 spiro atoms. The fourth-order valence-corrected chi connectivity index (χ4v) is 3.23. The highest BCUT2D eigenvalue weighted by Gasteiger charge is 2.35. The summed E-state index contributed by atoms with van der Waals surface area (Å²) in [5, 5.41) is 6.44. The minimum atomic E-state index is 0.0557. The molecule has 1 heterocycles. The number of unbranched alkanes of at least 4 members (excludes halogenated alkanes) is 4. The summed E-state index contributed by atoms with van der Waals surface area (Å²) in [6.45, 7) is 8.81. The minimum absolute atomic E-state index is 0.0557. The Kier molecular flexibility index (Phi) is 9.69. The number of amides is 1. The molecule has 4 nitrogen and oxygen atoms in total. The normalized spacial score (nSPS) is 23.3. The molecule has 2 atom stereocenters. The SMILES string of the molecule is CCCCC/C=C/CCCC1NC=C[N+]1(CC)CCNC(C)=O. The molecule has 132 valence electrons. The first-order valence-electron chi connectivity index (χ1n) is 9.34. The van der Waals surface area contributed by atoms with Crippen LogP contribution in [0.3, 0.4) is 0 Å². The quantitative estimate of drug-likeness (QED) is 0.327. The van der Waals surface area contributed by atoms with E-state index in [0.29, 0.717) is 6.17 Å². The Balaban J connectivity index is 2.29. The Morgan fingerprint density at radius 3 is 2.61 bits per heavy atom. The third-order valence-electron chi connectivity index (χ3n) is 4.76. The predicted octanol–water partition coefficient (Wildman–Crippen LogP) is 3.67. The van der Waals surface area contributed by atoms with E-state index in [4.69, 9.17) is 0 Å². The van der Waals surface area contributed by atoms with Crippen molar-refractivity contribution >= 4 is 5.91 Å². The van der Waals surface area contributed by atoms with Crippen molar-refractivity contribution in [1.29, 1.82) is 0 Å². The fourth-order valence-electron chi connectivity index (χ4n) is 3.23. The van der Waals surface area contributed by atoms with Crippen LogP contribution in [0.2, 0.25) is 0 Å². The van der Waals surface area contributed by atoms with Gasteiger partial charge in [0.05, 0.1) is 19.3 Å². The molecule has 0 radical (unpaired) electrons. The molecule has 0 saturated heterocycles. The number of quaternary nitrogens is 1. The number of likely N-dealkylation sites (N-methyl/N-ethyl adjacent to an activating group) is 1. The van der Waals surface area contributed by atoms with E-state index >= 15 is 0 Å². The first-order chi connectivity index (χ1) is 11.1. The monoisotopic (exact) mass is 322 g/mol. The van der Waals surface area contributed by atoms with Crippen LogP contribution in [0, 0.1) is 0 Å². The van der Waals surface area contributed by atoms with E-state index in [0.717, 1.165) is 24.1 Å². The maximum Gasteiger partial charge on any atom is 0.217 e. The van der Waals surface area contributed by atoms with Gasteiger partial charge in [-0.15, -0.1) is 0 Å². The summed E-state index contributed by atoms with van der Waals surface area (Å²) in [7, 11) is 0. The van der Waals surface area contributed by atoms with Gasteiger partial charge in [0, 0.05) is 13.3 Å². The lowest BCUT2D eigenvalue weighted by molar-refractivity contribution is -0.898. The second-order valence-electron chi connectivity index (χ2n) is 6.52. The van der Waals surface area contributed by atoms with Gasteiger partial charge in [0.1, 0.15) is 12.7 Å². The van der Waals surface area contributed by atoms with Gasteiger partial charge in [0.15, 0.2) is 6.17 Å². The summed E-state index contributed by atoms with van der Waals surface area (Å²) in [6, 6.07) is 0. The van der Waals surface area contributed by atoms with Gasteiger partial charge in [0.2, 0.25) is 5.91 Å². The molecule has 2 N–H and O–H groups in total. The molecular weight excluding hydrogens is 286 g/mol. The molecule has 0 aromatic heterocycles. The van der Waals surface area contributed by atoms with E-state index in [1.807, 2.05) is 0 Å². The molecule has 2 unspecified atom stereocenters. The van der Waals surface area contributed by atoms with Crippen LogP contribution < -0.4 is 10.6 Å². The number of nitrogens with zero attached hydrogens (tertiary/aromatic N) is 1. The molecule has 1 amide bonds. The van der Waals surface area contributed by atoms with Crippen LogP contribution in [0.25, 0.3) is 0 Å². The van der Waals surface area contributed by atoms with Crippen LogP contribution in [-0.2, 0) is 4.79 Å². The minimum Gasteiger partial charge on any atom is -0.351 e. The first kappa shape index (κ1) is 19.8. The molecule has 0 saturated carbocycles. The molecule has 0 bridgehead atoms. The molecule has 0 aromatic carbocycles. The van der Waals surface area contributed by atoms with Crippen LogP contribution >= 0.6 is 0 Å². The molecule has 23 heavy (non-hydrogen) atoms. The van der Waals surface area contributed by atoms with E-state index in [1.54, 1.807) is 6.92 Å². The van der Waals surface area contributed by atoms with Crippen molar-refractivity contribution in [2.24, 2.45) is 0 Å². The Bertz CT molecular complexity index is 392. The van der Waals surface area contributed by atoms with Crippen LogP contribution in [-0.4, -0.2) is 36.2 Å². The Labute approximate surface area is 142 Å². The Morgan fingerprint density at radius 2 is 1.96 bits per heavy atom. The lowest BCUT2D eigenvalue weighted by atomic mass is 10.1. The topological polar surface area (TPSA) is 41.1 Å². The molecule has 0 aliphatic carbocycles. The van der Waals surface area contributed by atoms with Gasteiger partial charge >= 0.3 is 0 Å². The largest absolute Gasteiger partial charge is 0.351 e. The van der Waals surface area contributed by atoms with E-state index < -0.39 is 0 Å². The molecule has 1 aliphatic heterocycles. The summed E-state index contributed by atoms with van der Waals surface area (Å²) >= 11 is 0. The summed E-state index contributed by atoms with van der Waals surface area (Å²) in [5.41, 5.74) is 0. The zero-order chi connectivity index (χ0) is 17.0. The van der Waals surface area contributed by atoms with Gasteiger partial charge in [-0.3, -0.25) is 9.28 Å². The lowest BCUT2D eigenvalue weighted by Gasteiger charge is -2.37. The third-order valence-corrected chi connectivity index (χ3v) is 4.76. The van der Waals surface area contributed by atoms with Crippen LogP contribution in [0.1, 0.15) is 65.7 Å². The van der Waals surface area contributed by atoms with Crippen molar-refractivity contribution in [3.05, 3.63) is 24.6 Å². The zero-order valence-corrected chi connectivity index (χ0v) is 15.3. The maximum absolute atomic E-state index is 11.1. The zero-order valence-electron chi connectivity index (χ0n) is 15.3. The van der Waals surface area contributed by atoms with Crippen molar-refractivity contribution in [3.8, 4) is 0 Å². The van der Waals surface area contributed by atoms with E-state index in [-0.39, 0.29) is 5.91 Å². The third kappa shape index (κ3) is 7.21. The summed E-state index contributed by atoms with van der Waals surface area (Å²) in [6.07, 6.45) is 18.2. The maximum atomic E-state index is 11.1. The highest BCUT2D eigenvalue weighted by molar-refractivity contribution is 5.72. The number of nitrogens with one attached hydrogen (secondary N) is 2. The number of allylic oxidation sites excluding steroid dienone is 2. The highest BCUT2D eigenvalue weighted by atomic mass is 16.1. The first-order valence-corrected chi connectivity index (χ1v) is 9.34. The van der Waals surface area contributed by atoms with Gasteiger partial charge in [-0.05, 0) is 32.6 Å². The Hall–Kier alpha value is -1.29. The number of rotatable bonds is 12. The van der Waals surface area contributed by atoms with Crippen molar-refractivity contribution in [2.75, 3.05) is 19.6 Å². The molecule has 0 fully saturated rings. The van der Waals surface area contributed by atoms with Gasteiger partial charge in [-0.2, -0.15) is 0 Å². The van der Waals surface area contributed by atoms with Gasteiger partial charge in [-0.1, -0.05) is 31.9 Å². The summed E-state index contributed by atoms with van der Waals surface area (Å²) in [4.78, 5) is 11.1. The number of carbonyl (C=O) groups excluding carboxylic acids is 1. The van der Waals surface area contributed by atoms with Crippen molar-refractivity contribution in [1.82, 2.24) is 10.6 Å². The van der Waals surface area contributed by atoms with Crippen LogP contribution in [0.4, 0.5) is 0 Å². The van der Waals surface area contributed by atoms with Gasteiger partial charge in [-0.25, -0.2) is 0 Å². The fraction of sp³-hybridized carbons (Fsp3) is 0.737. The average Bonchev–Trinajstić information content (AvgIpc) is 2.93. The Morgan fingerprint density at radius 1 is 1.22 bits per heavy atom. The standard InChI is InChI=1S/C19H35N3O/c1-4-6-7-8-9-10-11-12-13-19-21-15-17-22(19,5-2)16-14-20-18(3)23/h9-10,15,17,19,21H,4-8,11-14,16H2,1-3H3/p+1/b10-9+. The number of carbonyl (C=O) groups is 1. The van der Waals surface area contributed by atoms with Crippen LogP contribution in [0.5, 0.6) is 0 Å². The number of hydrogen-bond acceptors (Lipinski definition) is 2. The molecule has 4 heteroatoms. The average molecular weight is 323 g/mol. The van der Waals surface area contributed by atoms with E-state index in [9.17, 15) is 4.79 Å². The highest BCUT2D eigenvalue weighted by Crippen LogP contribution is 2.22. The van der Waals surface area contributed by atoms with Crippen molar-refractivity contribution in [2.45, 2.75) is 71.9 Å². The molecule has 1 rings (SSSR count). The second-order valence-corrected chi connectivity index (χ2v) is 6.52. The van der Waals surface area contributed by atoms with Gasteiger partial charge in [0.25, 0.3) is 0 Å². The van der Waals surface area contributed by atoms with Crippen LogP contribution in [0.15, 0.2) is 24.6 Å². The molecular formula is C19H36N3O+. The van der Waals surface area contributed by atoms with Gasteiger partial charge < -0.3 is 10.6 Å². The summed E-state index contributed by atoms with van der Waals surface area (Å²) < 4.78 is 0.931. The van der Waals surface area contributed by atoms with Crippen molar-refractivity contribution in [3.63, 3.8) is 0 Å². The van der Waals surface area contributed by atoms with E-state index in [2.05, 4.69) is 49.0 Å². The van der Waals surface area contributed by atoms with Crippen molar-refractivity contribution < 1.29 is 9.28 Å². The second kappa shape index (κ2) is 11.3. The predicted molar refractivity (Wildman–Crippen MR) is 97.5 cm³/mol. The summed E-state index contributed by atoms with van der Waals surface area (Å²) in [5.74, 6) is 0.0557. The molecule has 0 aromatic rings.